The summed E-state index contributed by atoms with van der Waals surface area (Å²) in [6.07, 6.45) is 1.62. The fourth-order valence-electron chi connectivity index (χ4n) is 1.09. The molecule has 5 nitrogen and oxygen atoms in total. The topological polar surface area (TPSA) is 68.2 Å². The second kappa shape index (κ2) is 16.9. The van der Waals surface area contributed by atoms with E-state index in [4.69, 9.17) is 24.4 Å². The maximum atomic E-state index is 8.92. The number of aliphatic hydroxyl groups is 2. The lowest BCUT2D eigenvalue weighted by Crippen LogP contribution is -2.24. The van der Waals surface area contributed by atoms with Crippen LogP contribution in [0.1, 0.15) is 47.5 Å². The van der Waals surface area contributed by atoms with Crippen LogP contribution in [0.3, 0.4) is 0 Å². The number of aliphatic hydroxyl groups excluding tert-OH is 2. The van der Waals surface area contributed by atoms with E-state index in [0.29, 0.717) is 13.2 Å². The van der Waals surface area contributed by atoms with Crippen molar-refractivity contribution in [1.82, 2.24) is 0 Å². The average molecular weight is 294 g/mol. The number of ether oxygens (including phenoxy) is 3. The molecule has 3 atom stereocenters. The Kier molecular flexibility index (Phi) is 18.6. The minimum Gasteiger partial charge on any atom is -0.394 e. The molecule has 0 bridgehead atoms. The molecule has 3 unspecified atom stereocenters. The molecule has 0 aliphatic rings. The van der Waals surface area contributed by atoms with Gasteiger partial charge in [-0.2, -0.15) is 0 Å². The molecule has 0 spiro atoms. The Labute approximate surface area is 124 Å². The zero-order valence-electron chi connectivity index (χ0n) is 13.8. The van der Waals surface area contributed by atoms with Crippen LogP contribution in [0.2, 0.25) is 0 Å². The summed E-state index contributed by atoms with van der Waals surface area (Å²) >= 11 is 0. The summed E-state index contributed by atoms with van der Waals surface area (Å²) < 4.78 is 15.6. The number of hydrogen-bond acceptors (Lipinski definition) is 5. The molecule has 0 radical (unpaired) electrons. The van der Waals surface area contributed by atoms with Crippen LogP contribution >= 0.6 is 0 Å². The Morgan fingerprint density at radius 3 is 1.75 bits per heavy atom. The van der Waals surface area contributed by atoms with Crippen LogP contribution in [0.5, 0.6) is 0 Å². The molecule has 124 valence electrons. The van der Waals surface area contributed by atoms with Crippen LogP contribution in [-0.4, -0.2) is 61.6 Å². The molecule has 0 aliphatic carbocycles. The van der Waals surface area contributed by atoms with Gasteiger partial charge in [0, 0.05) is 13.2 Å². The summed E-state index contributed by atoms with van der Waals surface area (Å²) in [5.41, 5.74) is 0. The molecule has 0 fully saturated rings. The summed E-state index contributed by atoms with van der Waals surface area (Å²) in [5.74, 6) is 0. The number of hydrogen-bond donors (Lipinski definition) is 2. The predicted octanol–water partition coefficient (Wildman–Crippen LogP) is 1.99. The van der Waals surface area contributed by atoms with E-state index in [0.717, 1.165) is 26.1 Å². The van der Waals surface area contributed by atoms with E-state index in [9.17, 15) is 0 Å². The van der Waals surface area contributed by atoms with Crippen molar-refractivity contribution in [2.45, 2.75) is 65.8 Å². The third-order valence-electron chi connectivity index (χ3n) is 2.19. The van der Waals surface area contributed by atoms with Crippen LogP contribution < -0.4 is 0 Å². The third kappa shape index (κ3) is 20.1. The minimum atomic E-state index is -0.447. The van der Waals surface area contributed by atoms with Gasteiger partial charge in [0.15, 0.2) is 0 Å². The zero-order chi connectivity index (χ0) is 15.8. The maximum absolute atomic E-state index is 8.92. The lowest BCUT2D eigenvalue weighted by Gasteiger charge is -2.16. The first-order valence-electron chi connectivity index (χ1n) is 7.57. The maximum Gasteiger partial charge on any atom is 0.0781 e. The van der Waals surface area contributed by atoms with Crippen molar-refractivity contribution in [3.05, 3.63) is 0 Å². The van der Waals surface area contributed by atoms with Gasteiger partial charge in [0.25, 0.3) is 0 Å². The van der Waals surface area contributed by atoms with Gasteiger partial charge >= 0.3 is 0 Å². The van der Waals surface area contributed by atoms with Crippen LogP contribution in [0.25, 0.3) is 0 Å². The second-order valence-electron chi connectivity index (χ2n) is 4.93. The molecule has 0 heterocycles. The van der Waals surface area contributed by atoms with Gasteiger partial charge in [0.1, 0.15) is 0 Å². The van der Waals surface area contributed by atoms with Gasteiger partial charge in [-0.05, 0) is 33.6 Å². The Bertz CT molecular complexity index is 172. The lowest BCUT2D eigenvalue weighted by atomic mass is 10.4. The van der Waals surface area contributed by atoms with Crippen molar-refractivity contribution < 1.29 is 24.4 Å². The molecule has 0 aromatic rings. The highest BCUT2D eigenvalue weighted by Gasteiger charge is 2.06. The molecule has 2 N–H and O–H groups in total. The van der Waals surface area contributed by atoms with E-state index >= 15 is 0 Å². The van der Waals surface area contributed by atoms with Gasteiger partial charge in [-0.1, -0.05) is 13.8 Å². The van der Waals surface area contributed by atoms with Crippen LogP contribution in [0.15, 0.2) is 0 Å². The zero-order valence-corrected chi connectivity index (χ0v) is 13.8. The molecule has 0 saturated carbocycles. The van der Waals surface area contributed by atoms with Crippen molar-refractivity contribution in [2.75, 3.05) is 33.0 Å². The summed E-state index contributed by atoms with van der Waals surface area (Å²) in [6, 6.07) is 0. The van der Waals surface area contributed by atoms with E-state index in [2.05, 4.69) is 13.8 Å². The highest BCUT2D eigenvalue weighted by atomic mass is 16.5. The summed E-state index contributed by atoms with van der Waals surface area (Å²) in [6.45, 7) is 12.2. The molecular weight excluding hydrogens is 260 g/mol. The molecule has 0 aromatic carbocycles. The van der Waals surface area contributed by atoms with Gasteiger partial charge < -0.3 is 24.4 Å². The summed E-state index contributed by atoms with van der Waals surface area (Å²) in [7, 11) is 0. The quantitative estimate of drug-likeness (QED) is 0.570. The SMILES string of the molecule is CC(O)COC(C)COC(C)CO.CCCOCCC. The van der Waals surface area contributed by atoms with Crippen molar-refractivity contribution in [1.29, 1.82) is 0 Å². The molecule has 0 rings (SSSR count). The highest BCUT2D eigenvalue weighted by Crippen LogP contribution is 1.97. The van der Waals surface area contributed by atoms with E-state index < -0.39 is 6.10 Å². The highest BCUT2D eigenvalue weighted by molar-refractivity contribution is 4.52. The van der Waals surface area contributed by atoms with E-state index in [1.54, 1.807) is 13.8 Å². The van der Waals surface area contributed by atoms with Gasteiger partial charge in [-0.15, -0.1) is 0 Å². The minimum absolute atomic E-state index is 0.0170. The van der Waals surface area contributed by atoms with Gasteiger partial charge in [-0.25, -0.2) is 0 Å². The van der Waals surface area contributed by atoms with Crippen molar-refractivity contribution >= 4 is 0 Å². The van der Waals surface area contributed by atoms with Gasteiger partial charge in [-0.3, -0.25) is 0 Å². The van der Waals surface area contributed by atoms with Crippen molar-refractivity contribution in [3.8, 4) is 0 Å². The van der Waals surface area contributed by atoms with Gasteiger partial charge in [0.2, 0.25) is 0 Å². The smallest absolute Gasteiger partial charge is 0.0781 e. The Morgan fingerprint density at radius 1 is 0.850 bits per heavy atom. The molecule has 0 aromatic heterocycles. The van der Waals surface area contributed by atoms with E-state index in [-0.39, 0.29) is 18.8 Å². The molecule has 0 saturated heterocycles. The van der Waals surface area contributed by atoms with Crippen molar-refractivity contribution in [3.63, 3.8) is 0 Å². The molecule has 20 heavy (non-hydrogen) atoms. The molecular formula is C15H34O5. The predicted molar refractivity (Wildman–Crippen MR) is 81.0 cm³/mol. The van der Waals surface area contributed by atoms with Crippen LogP contribution in [0.4, 0.5) is 0 Å². The first-order chi connectivity index (χ1) is 9.47. The first-order valence-corrected chi connectivity index (χ1v) is 7.57. The largest absolute Gasteiger partial charge is 0.394 e. The van der Waals surface area contributed by atoms with Gasteiger partial charge in [0.05, 0.1) is 38.1 Å². The molecule has 0 amide bonds. The second-order valence-corrected chi connectivity index (χ2v) is 4.93. The fourth-order valence-corrected chi connectivity index (χ4v) is 1.09. The van der Waals surface area contributed by atoms with E-state index in [1.807, 2.05) is 6.92 Å². The summed E-state index contributed by atoms with van der Waals surface area (Å²) in [5, 5.41) is 17.6. The molecule has 5 heteroatoms. The van der Waals surface area contributed by atoms with Crippen LogP contribution in [0, 0.1) is 0 Å². The first kappa shape index (κ1) is 22.1. The Morgan fingerprint density at radius 2 is 1.35 bits per heavy atom. The Balaban J connectivity index is 0. The number of rotatable bonds is 11. The monoisotopic (exact) mass is 294 g/mol. The third-order valence-corrected chi connectivity index (χ3v) is 2.19. The Hall–Kier alpha value is -0.200. The van der Waals surface area contributed by atoms with Crippen molar-refractivity contribution in [2.24, 2.45) is 0 Å². The lowest BCUT2D eigenvalue weighted by molar-refractivity contribution is -0.0620. The standard InChI is InChI=1S/C9H20O4.C6H14O/c1-7(11)5-12-9(3)6-13-8(2)4-10;1-3-5-7-6-4-2/h7-11H,4-6H2,1-3H3;3-6H2,1-2H3. The fraction of sp³-hybridized carbons (Fsp3) is 1.00. The summed E-state index contributed by atoms with van der Waals surface area (Å²) in [4.78, 5) is 0. The molecule has 0 aliphatic heterocycles. The normalized spacial score (nSPS) is 15.2. The van der Waals surface area contributed by atoms with E-state index in [1.165, 1.54) is 0 Å². The average Bonchev–Trinajstić information content (AvgIpc) is 2.43. The van der Waals surface area contributed by atoms with Crippen LogP contribution in [-0.2, 0) is 14.2 Å².